The van der Waals surface area contributed by atoms with Crippen molar-refractivity contribution >= 4 is 5.97 Å². The van der Waals surface area contributed by atoms with Crippen LogP contribution in [0, 0.1) is 0 Å². The number of carbonyl (C=O) groups excluding carboxylic acids is 1. The molecule has 118 valence electrons. The van der Waals surface area contributed by atoms with Gasteiger partial charge in [0.15, 0.2) is 0 Å². The van der Waals surface area contributed by atoms with Crippen LogP contribution >= 0.6 is 0 Å². The third-order valence-corrected chi connectivity index (χ3v) is 4.01. The van der Waals surface area contributed by atoms with Gasteiger partial charge in [-0.2, -0.15) is 0 Å². The Morgan fingerprint density at radius 1 is 0.950 bits per heavy atom. The number of hydrogen-bond donors (Lipinski definition) is 0. The first-order chi connectivity index (χ1) is 9.74. The van der Waals surface area contributed by atoms with Crippen LogP contribution in [0.5, 0.6) is 0 Å². The van der Waals surface area contributed by atoms with E-state index in [4.69, 9.17) is 9.47 Å². The minimum atomic E-state index is -0.0403. The second-order valence-corrected chi connectivity index (χ2v) is 5.91. The molecule has 1 aliphatic heterocycles. The van der Waals surface area contributed by atoms with Crippen molar-refractivity contribution in [3.05, 3.63) is 0 Å². The summed E-state index contributed by atoms with van der Waals surface area (Å²) in [5.74, 6) is -0.0403. The summed E-state index contributed by atoms with van der Waals surface area (Å²) in [5, 5.41) is 0. The van der Waals surface area contributed by atoms with Gasteiger partial charge in [-0.05, 0) is 26.7 Å². The van der Waals surface area contributed by atoms with Crippen molar-refractivity contribution in [3.63, 3.8) is 0 Å². The Morgan fingerprint density at radius 3 is 1.95 bits per heavy atom. The Hall–Kier alpha value is -0.570. The highest BCUT2D eigenvalue weighted by Crippen LogP contribution is 2.26. The zero-order valence-corrected chi connectivity index (χ0v) is 13.4. The average Bonchev–Trinajstić information content (AvgIpc) is 3.12. The van der Waals surface area contributed by atoms with Crippen LogP contribution < -0.4 is 0 Å². The monoisotopic (exact) mass is 284 g/mol. The molecule has 1 aliphatic rings. The molecule has 1 saturated heterocycles. The van der Waals surface area contributed by atoms with Crippen LogP contribution in [0.1, 0.15) is 84.5 Å². The maximum Gasteiger partial charge on any atom is 0.305 e. The van der Waals surface area contributed by atoms with Crippen LogP contribution in [0.4, 0.5) is 0 Å². The van der Waals surface area contributed by atoms with E-state index in [9.17, 15) is 4.79 Å². The fourth-order valence-electron chi connectivity index (χ4n) is 2.62. The predicted molar refractivity (Wildman–Crippen MR) is 81.8 cm³/mol. The van der Waals surface area contributed by atoms with Gasteiger partial charge in [-0.15, -0.1) is 0 Å². The quantitative estimate of drug-likeness (QED) is 0.281. The lowest BCUT2D eigenvalue weighted by Gasteiger charge is -2.03. The molecule has 0 aromatic rings. The van der Waals surface area contributed by atoms with Gasteiger partial charge in [0.05, 0.1) is 18.8 Å². The fraction of sp³-hybridized carbons (Fsp3) is 0.941. The third-order valence-electron chi connectivity index (χ3n) is 4.01. The van der Waals surface area contributed by atoms with Gasteiger partial charge in [0.25, 0.3) is 0 Å². The van der Waals surface area contributed by atoms with Crippen molar-refractivity contribution in [3.8, 4) is 0 Å². The molecular weight excluding hydrogens is 252 g/mol. The second kappa shape index (κ2) is 11.1. The minimum absolute atomic E-state index is 0.0403. The number of rotatable bonds is 13. The molecule has 20 heavy (non-hydrogen) atoms. The van der Waals surface area contributed by atoms with E-state index in [1.54, 1.807) is 0 Å². The molecule has 0 bridgehead atoms. The Bertz CT molecular complexity index is 253. The molecule has 0 aliphatic carbocycles. The zero-order chi connectivity index (χ0) is 14.6. The summed E-state index contributed by atoms with van der Waals surface area (Å²) in [7, 11) is 0. The van der Waals surface area contributed by atoms with Gasteiger partial charge >= 0.3 is 5.97 Å². The number of ether oxygens (including phenoxy) is 2. The number of carbonyl (C=O) groups is 1. The maximum atomic E-state index is 11.1. The van der Waals surface area contributed by atoms with Crippen LogP contribution in [-0.2, 0) is 14.3 Å². The number of epoxide rings is 1. The highest BCUT2D eigenvalue weighted by molar-refractivity contribution is 5.69. The van der Waals surface area contributed by atoms with Gasteiger partial charge in [-0.1, -0.05) is 51.4 Å². The van der Waals surface area contributed by atoms with Crippen molar-refractivity contribution in [1.29, 1.82) is 0 Å². The molecule has 0 saturated carbocycles. The summed E-state index contributed by atoms with van der Waals surface area (Å²) in [4.78, 5) is 11.1. The molecule has 2 unspecified atom stereocenters. The number of esters is 1. The van der Waals surface area contributed by atoms with Crippen LogP contribution in [0.2, 0.25) is 0 Å². The van der Waals surface area contributed by atoms with Crippen LogP contribution in [0.3, 0.4) is 0 Å². The van der Waals surface area contributed by atoms with E-state index in [1.807, 2.05) is 6.92 Å². The third kappa shape index (κ3) is 9.35. The fourth-order valence-corrected chi connectivity index (χ4v) is 2.62. The lowest BCUT2D eigenvalue weighted by atomic mass is 10.0. The zero-order valence-electron chi connectivity index (χ0n) is 13.4. The van der Waals surface area contributed by atoms with Gasteiger partial charge in [0.2, 0.25) is 0 Å². The van der Waals surface area contributed by atoms with E-state index < -0.39 is 0 Å². The molecule has 0 N–H and O–H groups in total. The summed E-state index contributed by atoms with van der Waals surface area (Å²) in [6.07, 6.45) is 14.4. The summed E-state index contributed by atoms with van der Waals surface area (Å²) in [6.45, 7) is 4.52. The Morgan fingerprint density at radius 2 is 1.45 bits per heavy atom. The van der Waals surface area contributed by atoms with E-state index in [2.05, 4.69) is 6.92 Å². The minimum Gasteiger partial charge on any atom is -0.466 e. The first-order valence-electron chi connectivity index (χ1n) is 8.55. The lowest BCUT2D eigenvalue weighted by Crippen LogP contribution is -2.03. The number of hydrogen-bond acceptors (Lipinski definition) is 3. The first-order valence-corrected chi connectivity index (χ1v) is 8.55. The van der Waals surface area contributed by atoms with E-state index >= 15 is 0 Å². The van der Waals surface area contributed by atoms with Crippen LogP contribution in [0.15, 0.2) is 0 Å². The molecule has 0 spiro atoms. The van der Waals surface area contributed by atoms with Crippen LogP contribution in [0.25, 0.3) is 0 Å². The molecule has 1 heterocycles. The largest absolute Gasteiger partial charge is 0.466 e. The normalized spacial score (nSPS) is 20.9. The topological polar surface area (TPSA) is 38.8 Å². The van der Waals surface area contributed by atoms with Crippen molar-refractivity contribution in [2.24, 2.45) is 0 Å². The number of unbranched alkanes of at least 4 members (excludes halogenated alkanes) is 8. The average molecular weight is 284 g/mol. The van der Waals surface area contributed by atoms with E-state index in [0.29, 0.717) is 25.2 Å². The second-order valence-electron chi connectivity index (χ2n) is 5.91. The SMILES string of the molecule is CCOC(=O)CCCCCCCCCCCC1OC1C. The molecule has 1 rings (SSSR count). The summed E-state index contributed by atoms with van der Waals surface area (Å²) >= 11 is 0. The van der Waals surface area contributed by atoms with Gasteiger partial charge in [0.1, 0.15) is 0 Å². The molecule has 3 nitrogen and oxygen atoms in total. The van der Waals surface area contributed by atoms with Crippen molar-refractivity contribution in [2.75, 3.05) is 6.61 Å². The summed E-state index contributed by atoms with van der Waals surface area (Å²) in [5.41, 5.74) is 0. The maximum absolute atomic E-state index is 11.1. The molecule has 1 fully saturated rings. The van der Waals surface area contributed by atoms with Crippen LogP contribution in [-0.4, -0.2) is 24.8 Å². The molecule has 3 heteroatoms. The molecule has 0 aromatic carbocycles. The van der Waals surface area contributed by atoms with E-state index in [0.717, 1.165) is 12.8 Å². The standard InChI is InChI=1S/C17H32O3/c1-3-19-17(18)14-12-10-8-6-4-5-7-9-11-13-16-15(2)20-16/h15-16H,3-14H2,1-2H3. The van der Waals surface area contributed by atoms with Crippen molar-refractivity contribution in [2.45, 2.75) is 96.7 Å². The lowest BCUT2D eigenvalue weighted by molar-refractivity contribution is -0.143. The summed E-state index contributed by atoms with van der Waals surface area (Å²) < 4.78 is 10.3. The van der Waals surface area contributed by atoms with Crippen molar-refractivity contribution < 1.29 is 14.3 Å². The molecule has 0 radical (unpaired) electrons. The molecule has 0 aromatic heterocycles. The van der Waals surface area contributed by atoms with Gasteiger partial charge in [0, 0.05) is 6.42 Å². The van der Waals surface area contributed by atoms with Gasteiger partial charge in [-0.3, -0.25) is 4.79 Å². The highest BCUT2D eigenvalue weighted by Gasteiger charge is 2.32. The van der Waals surface area contributed by atoms with Crippen molar-refractivity contribution in [1.82, 2.24) is 0 Å². The molecule has 0 amide bonds. The van der Waals surface area contributed by atoms with E-state index in [1.165, 1.54) is 51.4 Å². The molecule has 2 atom stereocenters. The van der Waals surface area contributed by atoms with E-state index in [-0.39, 0.29) is 5.97 Å². The highest BCUT2D eigenvalue weighted by atomic mass is 16.6. The summed E-state index contributed by atoms with van der Waals surface area (Å²) in [6, 6.07) is 0. The predicted octanol–water partition coefficient (Wildman–Crippen LogP) is 4.63. The Balaban J connectivity index is 1.69. The Kier molecular flexibility index (Phi) is 9.73. The smallest absolute Gasteiger partial charge is 0.305 e. The van der Waals surface area contributed by atoms with Gasteiger partial charge < -0.3 is 9.47 Å². The first kappa shape index (κ1) is 17.5. The molecular formula is C17H32O3. The van der Waals surface area contributed by atoms with Gasteiger partial charge in [-0.25, -0.2) is 0 Å². The Labute approximate surface area is 124 Å².